The summed E-state index contributed by atoms with van der Waals surface area (Å²) < 4.78 is 0. The number of hydrogen-bond acceptors (Lipinski definition) is 3. The van der Waals surface area contributed by atoms with Crippen molar-refractivity contribution in [2.75, 3.05) is 12.3 Å². The molecule has 1 saturated carbocycles. The van der Waals surface area contributed by atoms with Crippen LogP contribution in [0, 0.1) is 0 Å². The standard InChI is InChI=1S/C18H24N2S/c1-2-20-18(13-21-15-8-4-5-9-15)17-12-19-11-14-7-3-6-10-16(14)17/h3,6-7,10-12,15,18,20H,2,4-5,8-9,13H2,1H3. The summed E-state index contributed by atoms with van der Waals surface area (Å²) in [5.74, 6) is 1.15. The number of nitrogens with one attached hydrogen (secondary N) is 1. The van der Waals surface area contributed by atoms with Crippen LogP contribution in [0.3, 0.4) is 0 Å². The second kappa shape index (κ2) is 7.28. The van der Waals surface area contributed by atoms with Crippen molar-refractivity contribution in [2.24, 2.45) is 0 Å². The molecule has 1 aromatic heterocycles. The number of pyridine rings is 1. The Hall–Kier alpha value is -1.06. The molecule has 1 N–H and O–H groups in total. The van der Waals surface area contributed by atoms with Crippen molar-refractivity contribution in [1.29, 1.82) is 0 Å². The molecule has 0 radical (unpaired) electrons. The molecule has 1 atom stereocenters. The Morgan fingerprint density at radius 1 is 1.24 bits per heavy atom. The van der Waals surface area contributed by atoms with Crippen molar-refractivity contribution in [3.8, 4) is 0 Å². The van der Waals surface area contributed by atoms with Gasteiger partial charge in [0.1, 0.15) is 0 Å². The van der Waals surface area contributed by atoms with Gasteiger partial charge in [-0.05, 0) is 30.3 Å². The molecule has 2 aromatic rings. The molecular formula is C18H24N2S. The zero-order chi connectivity index (χ0) is 14.5. The van der Waals surface area contributed by atoms with Gasteiger partial charge in [0.15, 0.2) is 0 Å². The maximum atomic E-state index is 4.45. The Morgan fingerprint density at radius 2 is 2.05 bits per heavy atom. The number of fused-ring (bicyclic) bond motifs is 1. The van der Waals surface area contributed by atoms with Gasteiger partial charge < -0.3 is 5.32 Å². The molecule has 1 aliphatic carbocycles. The molecule has 1 aliphatic rings. The topological polar surface area (TPSA) is 24.9 Å². The van der Waals surface area contributed by atoms with Gasteiger partial charge in [0.05, 0.1) is 0 Å². The van der Waals surface area contributed by atoms with Gasteiger partial charge >= 0.3 is 0 Å². The van der Waals surface area contributed by atoms with Gasteiger partial charge in [0.25, 0.3) is 0 Å². The first-order chi connectivity index (χ1) is 10.4. The van der Waals surface area contributed by atoms with Gasteiger partial charge in [-0.2, -0.15) is 11.8 Å². The summed E-state index contributed by atoms with van der Waals surface area (Å²) in [4.78, 5) is 4.45. The molecule has 3 heteroatoms. The average molecular weight is 300 g/mol. The maximum absolute atomic E-state index is 4.45. The lowest BCUT2D eigenvalue weighted by Crippen LogP contribution is -2.24. The molecule has 1 fully saturated rings. The first-order valence-electron chi connectivity index (χ1n) is 8.06. The summed E-state index contributed by atoms with van der Waals surface area (Å²) >= 11 is 2.15. The molecule has 21 heavy (non-hydrogen) atoms. The number of thioether (sulfide) groups is 1. The monoisotopic (exact) mass is 300 g/mol. The van der Waals surface area contributed by atoms with E-state index in [1.807, 2.05) is 12.4 Å². The third-order valence-corrected chi connectivity index (χ3v) is 5.79. The minimum Gasteiger partial charge on any atom is -0.309 e. The summed E-state index contributed by atoms with van der Waals surface area (Å²) in [6.07, 6.45) is 9.64. The number of rotatable bonds is 6. The average Bonchev–Trinajstić information content (AvgIpc) is 3.04. The molecule has 112 valence electrons. The van der Waals surface area contributed by atoms with E-state index in [9.17, 15) is 0 Å². The highest BCUT2D eigenvalue weighted by atomic mass is 32.2. The van der Waals surface area contributed by atoms with Crippen LogP contribution in [0.5, 0.6) is 0 Å². The van der Waals surface area contributed by atoms with E-state index in [0.29, 0.717) is 6.04 Å². The summed E-state index contributed by atoms with van der Waals surface area (Å²) in [5, 5.41) is 7.10. The van der Waals surface area contributed by atoms with Gasteiger partial charge in [0.2, 0.25) is 0 Å². The smallest absolute Gasteiger partial charge is 0.0433 e. The van der Waals surface area contributed by atoms with Crippen molar-refractivity contribution in [3.63, 3.8) is 0 Å². The molecule has 0 spiro atoms. The van der Waals surface area contributed by atoms with Crippen molar-refractivity contribution in [1.82, 2.24) is 10.3 Å². The second-order valence-corrected chi connectivity index (χ2v) is 7.13. The van der Waals surface area contributed by atoms with Crippen molar-refractivity contribution in [3.05, 3.63) is 42.2 Å². The molecule has 0 bridgehead atoms. The third kappa shape index (κ3) is 3.58. The number of hydrogen-bond donors (Lipinski definition) is 1. The molecular weight excluding hydrogens is 276 g/mol. The molecule has 1 heterocycles. The van der Waals surface area contributed by atoms with Gasteiger partial charge in [-0.1, -0.05) is 44.0 Å². The van der Waals surface area contributed by atoms with Gasteiger partial charge in [-0.15, -0.1) is 0 Å². The predicted molar refractivity (Wildman–Crippen MR) is 92.9 cm³/mol. The lowest BCUT2D eigenvalue weighted by Gasteiger charge is -2.21. The highest BCUT2D eigenvalue weighted by Crippen LogP contribution is 2.33. The van der Waals surface area contributed by atoms with Gasteiger partial charge in [-0.3, -0.25) is 4.98 Å². The van der Waals surface area contributed by atoms with Crippen LogP contribution in [-0.4, -0.2) is 22.5 Å². The van der Waals surface area contributed by atoms with E-state index in [-0.39, 0.29) is 0 Å². The quantitative estimate of drug-likeness (QED) is 0.846. The molecule has 0 aliphatic heterocycles. The molecule has 1 unspecified atom stereocenters. The van der Waals surface area contributed by atoms with Crippen molar-refractivity contribution in [2.45, 2.75) is 43.9 Å². The van der Waals surface area contributed by atoms with E-state index in [1.54, 1.807) is 0 Å². The fourth-order valence-electron chi connectivity index (χ4n) is 3.21. The minimum absolute atomic E-state index is 0.402. The second-order valence-electron chi connectivity index (χ2n) is 5.80. The highest BCUT2D eigenvalue weighted by molar-refractivity contribution is 7.99. The van der Waals surface area contributed by atoms with E-state index in [4.69, 9.17) is 0 Å². The van der Waals surface area contributed by atoms with E-state index < -0.39 is 0 Å². The Balaban J connectivity index is 1.80. The van der Waals surface area contributed by atoms with E-state index in [2.05, 4.69) is 53.3 Å². The van der Waals surface area contributed by atoms with Crippen LogP contribution in [0.1, 0.15) is 44.2 Å². The molecule has 1 aromatic carbocycles. The number of aromatic nitrogens is 1. The molecule has 2 nitrogen and oxygen atoms in total. The lowest BCUT2D eigenvalue weighted by molar-refractivity contribution is 0.607. The van der Waals surface area contributed by atoms with Crippen LogP contribution in [0.4, 0.5) is 0 Å². The summed E-state index contributed by atoms with van der Waals surface area (Å²) in [6, 6.07) is 8.98. The SMILES string of the molecule is CCNC(CSC1CCCC1)c1cncc2ccccc12. The van der Waals surface area contributed by atoms with E-state index >= 15 is 0 Å². The van der Waals surface area contributed by atoms with Crippen LogP contribution in [0.25, 0.3) is 10.8 Å². The Morgan fingerprint density at radius 3 is 2.86 bits per heavy atom. The van der Waals surface area contributed by atoms with Crippen LogP contribution >= 0.6 is 11.8 Å². The third-order valence-electron chi connectivity index (χ3n) is 4.33. The largest absolute Gasteiger partial charge is 0.309 e. The van der Waals surface area contributed by atoms with E-state index in [1.165, 1.54) is 42.0 Å². The molecule has 0 amide bonds. The lowest BCUT2D eigenvalue weighted by atomic mass is 10.0. The first-order valence-corrected chi connectivity index (χ1v) is 9.11. The summed E-state index contributed by atoms with van der Waals surface area (Å²) in [7, 11) is 0. The van der Waals surface area contributed by atoms with Crippen LogP contribution in [0.15, 0.2) is 36.7 Å². The molecule has 3 rings (SSSR count). The van der Waals surface area contributed by atoms with Crippen LogP contribution < -0.4 is 5.32 Å². The molecule has 0 saturated heterocycles. The number of benzene rings is 1. The Kier molecular flexibility index (Phi) is 5.15. The van der Waals surface area contributed by atoms with Gasteiger partial charge in [0, 0.05) is 34.8 Å². The zero-order valence-corrected chi connectivity index (χ0v) is 13.5. The minimum atomic E-state index is 0.402. The first kappa shape index (κ1) is 14.9. The Bertz CT molecular complexity index is 573. The maximum Gasteiger partial charge on any atom is 0.0433 e. The fraction of sp³-hybridized carbons (Fsp3) is 0.500. The van der Waals surface area contributed by atoms with Gasteiger partial charge in [-0.25, -0.2) is 0 Å². The van der Waals surface area contributed by atoms with E-state index in [0.717, 1.165) is 17.5 Å². The summed E-state index contributed by atoms with van der Waals surface area (Å²) in [5.41, 5.74) is 1.35. The van der Waals surface area contributed by atoms with Crippen molar-refractivity contribution >= 4 is 22.5 Å². The Labute approximate surface area is 131 Å². The highest BCUT2D eigenvalue weighted by Gasteiger charge is 2.19. The normalized spacial score (nSPS) is 17.4. The summed E-state index contributed by atoms with van der Waals surface area (Å²) in [6.45, 7) is 3.19. The predicted octanol–water partition coefficient (Wildman–Crippen LogP) is 4.56. The fourth-order valence-corrected chi connectivity index (χ4v) is 4.64. The zero-order valence-electron chi connectivity index (χ0n) is 12.7. The van der Waals surface area contributed by atoms with Crippen LogP contribution in [-0.2, 0) is 0 Å². The van der Waals surface area contributed by atoms with Crippen LogP contribution in [0.2, 0.25) is 0 Å². The number of nitrogens with zero attached hydrogens (tertiary/aromatic N) is 1. The van der Waals surface area contributed by atoms with Crippen molar-refractivity contribution < 1.29 is 0 Å².